The molecule has 3 heterocycles. The molecule has 0 saturated carbocycles. The first kappa shape index (κ1) is 11.9. The van der Waals surface area contributed by atoms with Crippen LogP contribution in [0.4, 0.5) is 0 Å². The van der Waals surface area contributed by atoms with Crippen LogP contribution in [0.25, 0.3) is 0 Å². The molecule has 0 aromatic carbocycles. The molecule has 3 nitrogen and oxygen atoms in total. The molecule has 0 amide bonds. The first-order valence-electron chi connectivity index (χ1n) is 7.27. The number of rotatable bonds is 2. The van der Waals surface area contributed by atoms with Crippen molar-refractivity contribution in [3.05, 3.63) is 0 Å². The van der Waals surface area contributed by atoms with E-state index in [-0.39, 0.29) is 0 Å². The molecule has 0 aromatic rings. The van der Waals surface area contributed by atoms with E-state index in [0.29, 0.717) is 5.41 Å². The molecule has 0 N–H and O–H groups in total. The Hall–Kier alpha value is -0.120. The molecule has 3 saturated heterocycles. The first-order valence-corrected chi connectivity index (χ1v) is 7.27. The maximum atomic E-state index is 2.77. The number of nitrogens with zero attached hydrogens (tertiary/aromatic N) is 3. The predicted octanol–water partition coefficient (Wildman–Crippen LogP) is 0.964. The Morgan fingerprint density at radius 1 is 1.18 bits per heavy atom. The summed E-state index contributed by atoms with van der Waals surface area (Å²) in [5.41, 5.74) is 0.705. The Labute approximate surface area is 106 Å². The number of likely N-dealkylation sites (tertiary alicyclic amines) is 3. The van der Waals surface area contributed by atoms with E-state index < -0.39 is 0 Å². The molecule has 1 unspecified atom stereocenters. The van der Waals surface area contributed by atoms with Gasteiger partial charge in [-0.05, 0) is 32.5 Å². The van der Waals surface area contributed by atoms with Gasteiger partial charge in [0.15, 0.2) is 0 Å². The average Bonchev–Trinajstić information content (AvgIpc) is 2.22. The van der Waals surface area contributed by atoms with Crippen molar-refractivity contribution in [3.8, 4) is 0 Å². The molecule has 3 aliphatic heterocycles. The summed E-state index contributed by atoms with van der Waals surface area (Å²) in [6.45, 7) is 14.0. The summed E-state index contributed by atoms with van der Waals surface area (Å²) in [5.74, 6) is 0.860. The molecular weight excluding hydrogens is 210 g/mol. The minimum Gasteiger partial charge on any atom is -0.305 e. The second-order valence-corrected chi connectivity index (χ2v) is 6.80. The van der Waals surface area contributed by atoms with Gasteiger partial charge >= 0.3 is 0 Å². The van der Waals surface area contributed by atoms with E-state index in [1.807, 2.05) is 0 Å². The highest BCUT2D eigenvalue weighted by molar-refractivity contribution is 5.07. The third-order valence-corrected chi connectivity index (χ3v) is 5.15. The molecule has 0 aliphatic carbocycles. The van der Waals surface area contributed by atoms with Crippen molar-refractivity contribution >= 4 is 0 Å². The van der Waals surface area contributed by atoms with Crippen molar-refractivity contribution in [2.24, 2.45) is 11.3 Å². The summed E-state index contributed by atoms with van der Waals surface area (Å²) in [5, 5.41) is 0. The molecule has 0 bridgehead atoms. The van der Waals surface area contributed by atoms with Crippen molar-refractivity contribution in [1.82, 2.24) is 14.7 Å². The molecule has 3 aliphatic rings. The Morgan fingerprint density at radius 3 is 2.41 bits per heavy atom. The highest BCUT2D eigenvalue weighted by atomic mass is 15.3. The van der Waals surface area contributed by atoms with Crippen molar-refractivity contribution in [3.63, 3.8) is 0 Å². The van der Waals surface area contributed by atoms with Crippen molar-refractivity contribution < 1.29 is 0 Å². The summed E-state index contributed by atoms with van der Waals surface area (Å²) in [6.07, 6.45) is 1.39. The van der Waals surface area contributed by atoms with Gasteiger partial charge in [0.25, 0.3) is 0 Å². The second kappa shape index (κ2) is 4.22. The van der Waals surface area contributed by atoms with Crippen LogP contribution in [0.3, 0.4) is 0 Å². The lowest BCUT2D eigenvalue weighted by atomic mass is 9.71. The number of piperidine rings is 1. The van der Waals surface area contributed by atoms with Gasteiger partial charge in [-0.2, -0.15) is 0 Å². The van der Waals surface area contributed by atoms with Gasteiger partial charge in [-0.1, -0.05) is 13.8 Å². The predicted molar refractivity (Wildman–Crippen MR) is 71.2 cm³/mol. The zero-order valence-corrected chi connectivity index (χ0v) is 11.7. The smallest absolute Gasteiger partial charge is 0.0212 e. The largest absolute Gasteiger partial charge is 0.305 e. The molecule has 2 atom stereocenters. The highest BCUT2D eigenvalue weighted by Gasteiger charge is 2.52. The monoisotopic (exact) mass is 237 g/mol. The lowest BCUT2D eigenvalue weighted by Gasteiger charge is -2.62. The van der Waals surface area contributed by atoms with Crippen LogP contribution >= 0.6 is 0 Å². The molecule has 17 heavy (non-hydrogen) atoms. The zero-order chi connectivity index (χ0) is 12.0. The van der Waals surface area contributed by atoms with Crippen LogP contribution in [-0.2, 0) is 0 Å². The van der Waals surface area contributed by atoms with Gasteiger partial charge in [0.05, 0.1) is 0 Å². The first-order chi connectivity index (χ1) is 8.12. The highest BCUT2D eigenvalue weighted by Crippen LogP contribution is 2.41. The molecule has 1 spiro atoms. The Morgan fingerprint density at radius 2 is 1.88 bits per heavy atom. The van der Waals surface area contributed by atoms with E-state index >= 15 is 0 Å². The minimum atomic E-state index is 0.705. The Balaban J connectivity index is 1.50. The fraction of sp³-hybridized carbons (Fsp3) is 1.00. The van der Waals surface area contributed by atoms with E-state index in [9.17, 15) is 0 Å². The van der Waals surface area contributed by atoms with Gasteiger partial charge in [0.2, 0.25) is 0 Å². The number of hydrogen-bond donors (Lipinski definition) is 0. The normalized spacial score (nSPS) is 39.0. The summed E-state index contributed by atoms with van der Waals surface area (Å²) in [7, 11) is 2.25. The van der Waals surface area contributed by atoms with Gasteiger partial charge in [-0.15, -0.1) is 0 Å². The molecule has 3 rings (SSSR count). The van der Waals surface area contributed by atoms with Gasteiger partial charge in [-0.3, -0.25) is 4.90 Å². The standard InChI is InChI=1S/C14H27N3/c1-4-16-6-5-13(12(2)7-16)17-10-14(11-17)8-15(3)9-14/h12-13H,4-11H2,1-3H3/t12?,13-/m0/s1. The van der Waals surface area contributed by atoms with Crippen LogP contribution in [0.2, 0.25) is 0 Å². The van der Waals surface area contributed by atoms with E-state index in [0.717, 1.165) is 12.0 Å². The fourth-order valence-corrected chi connectivity index (χ4v) is 4.40. The molecule has 3 fully saturated rings. The molecular formula is C14H27N3. The van der Waals surface area contributed by atoms with Crippen LogP contribution in [0, 0.1) is 11.3 Å². The van der Waals surface area contributed by atoms with Gasteiger partial charge in [-0.25, -0.2) is 0 Å². The van der Waals surface area contributed by atoms with Gasteiger partial charge in [0, 0.05) is 44.2 Å². The maximum absolute atomic E-state index is 2.77. The third-order valence-electron chi connectivity index (χ3n) is 5.15. The van der Waals surface area contributed by atoms with E-state index in [2.05, 4.69) is 35.6 Å². The Kier molecular flexibility index (Phi) is 2.96. The summed E-state index contributed by atoms with van der Waals surface area (Å²) in [6, 6.07) is 0.870. The maximum Gasteiger partial charge on any atom is 0.0212 e. The lowest BCUT2D eigenvalue weighted by Crippen LogP contribution is -2.73. The molecule has 0 radical (unpaired) electrons. The zero-order valence-electron chi connectivity index (χ0n) is 11.7. The minimum absolute atomic E-state index is 0.705. The van der Waals surface area contributed by atoms with Gasteiger partial charge in [0.1, 0.15) is 0 Å². The van der Waals surface area contributed by atoms with Gasteiger partial charge < -0.3 is 9.80 Å². The summed E-state index contributed by atoms with van der Waals surface area (Å²) < 4.78 is 0. The van der Waals surface area contributed by atoms with Crippen molar-refractivity contribution in [2.45, 2.75) is 26.3 Å². The quantitative estimate of drug-likeness (QED) is 0.708. The van der Waals surface area contributed by atoms with E-state index in [1.165, 1.54) is 52.2 Å². The average molecular weight is 237 g/mol. The van der Waals surface area contributed by atoms with Crippen LogP contribution < -0.4 is 0 Å². The molecule has 0 aromatic heterocycles. The van der Waals surface area contributed by atoms with Crippen molar-refractivity contribution in [2.75, 3.05) is 52.9 Å². The second-order valence-electron chi connectivity index (χ2n) is 6.80. The van der Waals surface area contributed by atoms with Crippen molar-refractivity contribution in [1.29, 1.82) is 0 Å². The number of hydrogen-bond acceptors (Lipinski definition) is 3. The van der Waals surface area contributed by atoms with Crippen LogP contribution in [-0.4, -0.2) is 73.6 Å². The third kappa shape index (κ3) is 2.02. The van der Waals surface area contributed by atoms with Crippen LogP contribution in [0.15, 0.2) is 0 Å². The Bertz CT molecular complexity index is 277. The fourth-order valence-electron chi connectivity index (χ4n) is 4.40. The summed E-state index contributed by atoms with van der Waals surface area (Å²) in [4.78, 5) is 7.83. The summed E-state index contributed by atoms with van der Waals surface area (Å²) >= 11 is 0. The van der Waals surface area contributed by atoms with Crippen LogP contribution in [0.1, 0.15) is 20.3 Å². The van der Waals surface area contributed by atoms with Crippen LogP contribution in [0.5, 0.6) is 0 Å². The lowest BCUT2D eigenvalue weighted by molar-refractivity contribution is -0.135. The molecule has 98 valence electrons. The topological polar surface area (TPSA) is 9.72 Å². The molecule has 3 heteroatoms. The van der Waals surface area contributed by atoms with E-state index in [1.54, 1.807) is 0 Å². The van der Waals surface area contributed by atoms with E-state index in [4.69, 9.17) is 0 Å². The SMILES string of the molecule is CCN1CC[C@H](N2CC3(CN(C)C3)C2)C(C)C1.